The maximum Gasteiger partial charge on any atom is 0.387 e. The Morgan fingerprint density at radius 2 is 2.09 bits per heavy atom. The normalized spacial score (nSPS) is 10.2. The highest BCUT2D eigenvalue weighted by atomic mass is 19.3. The van der Waals surface area contributed by atoms with Crippen LogP contribution in [0.15, 0.2) is 18.2 Å². The molecule has 0 aromatic heterocycles. The Labute approximate surface area is 128 Å². The molecule has 0 aliphatic carbocycles. The number of urea groups is 1. The van der Waals surface area contributed by atoms with Crippen molar-refractivity contribution in [2.45, 2.75) is 19.5 Å². The minimum atomic E-state index is -3.17. The Morgan fingerprint density at radius 1 is 1.39 bits per heavy atom. The van der Waals surface area contributed by atoms with Gasteiger partial charge in [0.05, 0.1) is 10.6 Å². The van der Waals surface area contributed by atoms with Crippen LogP contribution in [-0.2, 0) is 4.79 Å². The van der Waals surface area contributed by atoms with Gasteiger partial charge in [-0.3, -0.25) is 14.9 Å². The number of carboxylic acid groups (broad SMARTS) is 1. The number of alkyl halides is 2. The van der Waals surface area contributed by atoms with E-state index in [1.54, 1.807) is 0 Å². The fourth-order valence-corrected chi connectivity index (χ4v) is 1.54. The van der Waals surface area contributed by atoms with Crippen LogP contribution < -0.4 is 15.4 Å². The second-order valence-corrected chi connectivity index (χ2v) is 4.19. The summed E-state index contributed by atoms with van der Waals surface area (Å²) in [6.07, 6.45) is 0.00884. The van der Waals surface area contributed by atoms with Gasteiger partial charge < -0.3 is 20.5 Å². The van der Waals surface area contributed by atoms with Gasteiger partial charge in [-0.1, -0.05) is 0 Å². The molecule has 1 aromatic rings. The van der Waals surface area contributed by atoms with Crippen LogP contribution in [0.5, 0.6) is 5.75 Å². The molecule has 0 fully saturated rings. The van der Waals surface area contributed by atoms with Crippen molar-refractivity contribution < 1.29 is 33.1 Å². The number of benzene rings is 1. The molecule has 1 aromatic carbocycles. The van der Waals surface area contributed by atoms with E-state index >= 15 is 0 Å². The molecule has 3 N–H and O–H groups in total. The molecule has 0 bridgehead atoms. The molecular formula is C12H13F2N3O6. The SMILES string of the molecule is O=C(O)CCCNC(=O)Nc1cc([N+](=O)[O-])ccc1OC(F)F. The van der Waals surface area contributed by atoms with Crippen molar-refractivity contribution in [3.05, 3.63) is 28.3 Å². The highest BCUT2D eigenvalue weighted by molar-refractivity contribution is 5.91. The van der Waals surface area contributed by atoms with Crippen molar-refractivity contribution in [1.29, 1.82) is 0 Å². The predicted molar refractivity (Wildman–Crippen MR) is 73.6 cm³/mol. The highest BCUT2D eigenvalue weighted by Crippen LogP contribution is 2.30. The van der Waals surface area contributed by atoms with Crippen molar-refractivity contribution >= 4 is 23.4 Å². The van der Waals surface area contributed by atoms with E-state index < -0.39 is 35.0 Å². The minimum absolute atomic E-state index is 0.0259. The van der Waals surface area contributed by atoms with E-state index in [1.807, 2.05) is 0 Å². The highest BCUT2D eigenvalue weighted by Gasteiger charge is 2.16. The standard InChI is InChI=1S/C12H13F2N3O6/c13-11(14)23-9-4-3-7(17(21)22)6-8(9)16-12(20)15-5-1-2-10(18)19/h3-4,6,11H,1-2,5H2,(H,18,19)(H2,15,16,20). The fourth-order valence-electron chi connectivity index (χ4n) is 1.54. The topological polar surface area (TPSA) is 131 Å². The monoisotopic (exact) mass is 333 g/mol. The Hall–Kier alpha value is -2.98. The second kappa shape index (κ2) is 8.46. The molecule has 126 valence electrons. The zero-order chi connectivity index (χ0) is 17.4. The molecule has 0 aliphatic heterocycles. The van der Waals surface area contributed by atoms with E-state index in [4.69, 9.17) is 5.11 Å². The Balaban J connectivity index is 2.74. The van der Waals surface area contributed by atoms with Crippen LogP contribution in [0, 0.1) is 10.1 Å². The number of nitrogens with zero attached hydrogens (tertiary/aromatic N) is 1. The van der Waals surface area contributed by atoms with Crippen molar-refractivity contribution in [2.75, 3.05) is 11.9 Å². The molecule has 0 unspecified atom stereocenters. The summed E-state index contributed by atoms with van der Waals surface area (Å²) in [6.45, 7) is -3.14. The number of rotatable bonds is 8. The average Bonchev–Trinajstić information content (AvgIpc) is 2.44. The van der Waals surface area contributed by atoms with Crippen molar-refractivity contribution in [2.24, 2.45) is 0 Å². The van der Waals surface area contributed by atoms with Gasteiger partial charge in [-0.25, -0.2) is 4.79 Å². The molecule has 11 heteroatoms. The lowest BCUT2D eigenvalue weighted by Crippen LogP contribution is -2.30. The molecular weight excluding hydrogens is 320 g/mol. The lowest BCUT2D eigenvalue weighted by atomic mass is 10.2. The third-order valence-corrected chi connectivity index (χ3v) is 2.49. The first-order valence-corrected chi connectivity index (χ1v) is 6.29. The van der Waals surface area contributed by atoms with Crippen molar-refractivity contribution in [1.82, 2.24) is 5.32 Å². The van der Waals surface area contributed by atoms with Crippen LogP contribution in [0.4, 0.5) is 25.0 Å². The third kappa shape index (κ3) is 6.54. The van der Waals surface area contributed by atoms with Gasteiger partial charge in [0.25, 0.3) is 5.69 Å². The molecule has 2 amide bonds. The summed E-state index contributed by atoms with van der Waals surface area (Å²) in [5.41, 5.74) is -0.733. The number of aliphatic carboxylic acids is 1. The molecule has 0 atom stereocenters. The molecule has 0 heterocycles. The number of nitrogens with one attached hydrogen (secondary N) is 2. The minimum Gasteiger partial charge on any atom is -0.481 e. The smallest absolute Gasteiger partial charge is 0.387 e. The van der Waals surface area contributed by atoms with Gasteiger partial charge >= 0.3 is 18.6 Å². The Bertz CT molecular complexity index is 596. The van der Waals surface area contributed by atoms with Crippen LogP contribution >= 0.6 is 0 Å². The average molecular weight is 333 g/mol. The number of nitro benzene ring substituents is 1. The summed E-state index contributed by atoms with van der Waals surface area (Å²) in [6, 6.07) is 1.92. The van der Waals surface area contributed by atoms with Crippen LogP contribution in [0.3, 0.4) is 0 Å². The number of ether oxygens (including phenoxy) is 1. The second-order valence-electron chi connectivity index (χ2n) is 4.19. The molecule has 0 saturated heterocycles. The quantitative estimate of drug-likeness (QED) is 0.380. The first-order valence-electron chi connectivity index (χ1n) is 6.29. The number of anilines is 1. The first kappa shape index (κ1) is 18.1. The molecule has 0 aliphatic rings. The lowest BCUT2D eigenvalue weighted by molar-refractivity contribution is -0.384. The number of hydrogen-bond acceptors (Lipinski definition) is 5. The molecule has 9 nitrogen and oxygen atoms in total. The van der Waals surface area contributed by atoms with Crippen LogP contribution in [0.2, 0.25) is 0 Å². The van der Waals surface area contributed by atoms with E-state index in [-0.39, 0.29) is 25.1 Å². The molecule has 1 rings (SSSR count). The van der Waals surface area contributed by atoms with Crippen molar-refractivity contribution in [3.63, 3.8) is 0 Å². The van der Waals surface area contributed by atoms with Gasteiger partial charge in [0.15, 0.2) is 0 Å². The summed E-state index contributed by atoms with van der Waals surface area (Å²) in [5, 5.41) is 23.5. The fraction of sp³-hybridized carbons (Fsp3) is 0.333. The number of carbonyl (C=O) groups is 2. The summed E-state index contributed by atoms with van der Waals surface area (Å²) < 4.78 is 28.7. The van der Waals surface area contributed by atoms with Crippen LogP contribution in [0.25, 0.3) is 0 Å². The number of halogens is 2. The zero-order valence-electron chi connectivity index (χ0n) is 11.6. The summed E-state index contributed by atoms with van der Waals surface area (Å²) in [5.74, 6) is -1.47. The van der Waals surface area contributed by atoms with E-state index in [0.717, 1.165) is 18.2 Å². The maximum atomic E-state index is 12.3. The van der Waals surface area contributed by atoms with E-state index in [1.165, 1.54) is 0 Å². The van der Waals surface area contributed by atoms with Gasteiger partial charge in [-0.05, 0) is 12.5 Å². The van der Waals surface area contributed by atoms with Gasteiger partial charge in [-0.2, -0.15) is 8.78 Å². The molecule has 0 saturated carbocycles. The Morgan fingerprint density at radius 3 is 2.65 bits per heavy atom. The van der Waals surface area contributed by atoms with Crippen molar-refractivity contribution in [3.8, 4) is 5.75 Å². The number of carboxylic acids is 1. The number of non-ortho nitro benzene ring substituents is 1. The largest absolute Gasteiger partial charge is 0.481 e. The van der Waals surface area contributed by atoms with Gasteiger partial charge in [-0.15, -0.1) is 0 Å². The summed E-state index contributed by atoms with van der Waals surface area (Å²) >= 11 is 0. The van der Waals surface area contributed by atoms with Gasteiger partial charge in [0.2, 0.25) is 0 Å². The number of amides is 2. The van der Waals surface area contributed by atoms with E-state index in [9.17, 15) is 28.5 Å². The third-order valence-electron chi connectivity index (χ3n) is 2.49. The lowest BCUT2D eigenvalue weighted by Gasteiger charge is -2.12. The zero-order valence-corrected chi connectivity index (χ0v) is 11.6. The first-order chi connectivity index (χ1) is 10.8. The summed E-state index contributed by atoms with van der Waals surface area (Å²) in [7, 11) is 0. The van der Waals surface area contributed by atoms with E-state index in [2.05, 4.69) is 15.4 Å². The molecule has 23 heavy (non-hydrogen) atoms. The molecule has 0 spiro atoms. The number of nitro groups is 1. The maximum absolute atomic E-state index is 12.3. The molecule has 0 radical (unpaired) electrons. The number of hydrogen-bond donors (Lipinski definition) is 3. The van der Waals surface area contributed by atoms with Crippen LogP contribution in [-0.4, -0.2) is 35.2 Å². The Kier molecular flexibility index (Phi) is 6.65. The van der Waals surface area contributed by atoms with E-state index in [0.29, 0.717) is 0 Å². The number of carbonyl (C=O) groups excluding carboxylic acids is 1. The van der Waals surface area contributed by atoms with Gasteiger partial charge in [0.1, 0.15) is 5.75 Å². The van der Waals surface area contributed by atoms with Gasteiger partial charge in [0, 0.05) is 25.1 Å². The van der Waals surface area contributed by atoms with Crippen LogP contribution in [0.1, 0.15) is 12.8 Å². The summed E-state index contributed by atoms with van der Waals surface area (Å²) in [4.78, 5) is 31.8. The predicted octanol–water partition coefficient (Wildman–Crippen LogP) is 2.18.